The summed E-state index contributed by atoms with van der Waals surface area (Å²) in [4.78, 5) is 23.9. The highest BCUT2D eigenvalue weighted by Crippen LogP contribution is 2.15. The van der Waals surface area contributed by atoms with Crippen LogP contribution in [-0.4, -0.2) is 54.5 Å². The molecule has 7 heteroatoms. The lowest BCUT2D eigenvalue weighted by molar-refractivity contribution is -0.128. The highest BCUT2D eigenvalue weighted by molar-refractivity contribution is 5.89. The van der Waals surface area contributed by atoms with Crippen LogP contribution >= 0.6 is 0 Å². The van der Waals surface area contributed by atoms with Crippen LogP contribution < -0.4 is 5.32 Å². The third-order valence-electron chi connectivity index (χ3n) is 2.49. The number of rotatable bonds is 4. The predicted octanol–water partition coefficient (Wildman–Crippen LogP) is -0.793. The van der Waals surface area contributed by atoms with Crippen molar-refractivity contribution in [2.24, 2.45) is 5.92 Å². The minimum Gasteiger partial charge on any atom is -0.385 e. The second-order valence-electron chi connectivity index (χ2n) is 3.82. The fourth-order valence-corrected chi connectivity index (χ4v) is 1.48. The molecule has 0 aromatic carbocycles. The molecule has 1 aliphatic rings. The quantitative estimate of drug-likeness (QED) is 0.672. The van der Waals surface area contributed by atoms with Crippen molar-refractivity contribution in [1.82, 2.24) is 10.2 Å². The van der Waals surface area contributed by atoms with E-state index in [9.17, 15) is 18.4 Å². The summed E-state index contributed by atoms with van der Waals surface area (Å²) in [5.74, 6) is -1.13. The summed E-state index contributed by atoms with van der Waals surface area (Å²) >= 11 is 0. The Morgan fingerprint density at radius 2 is 2.31 bits per heavy atom. The van der Waals surface area contributed by atoms with Gasteiger partial charge in [-0.2, -0.15) is 0 Å². The first kappa shape index (κ1) is 12.8. The van der Waals surface area contributed by atoms with Crippen LogP contribution in [-0.2, 0) is 9.59 Å². The van der Waals surface area contributed by atoms with Crippen molar-refractivity contribution in [1.29, 1.82) is 0 Å². The highest BCUT2D eigenvalue weighted by Gasteiger charge is 2.32. The summed E-state index contributed by atoms with van der Waals surface area (Å²) in [6.07, 6.45) is -4.65. The maximum Gasteiger partial charge on any atom is 0.265 e. The largest absolute Gasteiger partial charge is 0.385 e. The van der Waals surface area contributed by atoms with Crippen LogP contribution in [0.5, 0.6) is 0 Å². The van der Waals surface area contributed by atoms with Crippen LogP contribution in [0.1, 0.15) is 6.42 Å². The SMILES string of the molecule is CN1CC(C(=O)NCC(O)C(F)F)CC1=O. The molecule has 0 aromatic rings. The summed E-state index contributed by atoms with van der Waals surface area (Å²) < 4.78 is 23.8. The molecule has 1 rings (SSSR count). The molecule has 1 heterocycles. The summed E-state index contributed by atoms with van der Waals surface area (Å²) in [5, 5.41) is 11.0. The smallest absolute Gasteiger partial charge is 0.265 e. The molecular weight excluding hydrogens is 222 g/mol. The van der Waals surface area contributed by atoms with Gasteiger partial charge in [-0.05, 0) is 0 Å². The number of alkyl halides is 2. The number of halogens is 2. The lowest BCUT2D eigenvalue weighted by Crippen LogP contribution is -2.39. The molecule has 0 saturated carbocycles. The zero-order chi connectivity index (χ0) is 12.3. The van der Waals surface area contributed by atoms with E-state index in [1.165, 1.54) is 4.90 Å². The van der Waals surface area contributed by atoms with Crippen LogP contribution in [0.3, 0.4) is 0 Å². The van der Waals surface area contributed by atoms with Crippen molar-refractivity contribution in [2.45, 2.75) is 19.0 Å². The average Bonchev–Trinajstić information content (AvgIpc) is 2.55. The molecule has 5 nitrogen and oxygen atoms in total. The Bertz CT molecular complexity index is 286. The number of hydrogen-bond acceptors (Lipinski definition) is 3. The summed E-state index contributed by atoms with van der Waals surface area (Å²) in [7, 11) is 1.57. The molecule has 2 unspecified atom stereocenters. The Morgan fingerprint density at radius 1 is 1.69 bits per heavy atom. The first-order valence-corrected chi connectivity index (χ1v) is 4.89. The maximum absolute atomic E-state index is 11.9. The molecule has 0 aliphatic carbocycles. The molecule has 0 radical (unpaired) electrons. The van der Waals surface area contributed by atoms with Gasteiger partial charge in [-0.15, -0.1) is 0 Å². The van der Waals surface area contributed by atoms with Gasteiger partial charge < -0.3 is 15.3 Å². The van der Waals surface area contributed by atoms with Gasteiger partial charge in [0.15, 0.2) is 0 Å². The van der Waals surface area contributed by atoms with Gasteiger partial charge in [-0.25, -0.2) is 8.78 Å². The van der Waals surface area contributed by atoms with Gasteiger partial charge >= 0.3 is 0 Å². The molecule has 2 N–H and O–H groups in total. The van der Waals surface area contributed by atoms with Crippen LogP contribution in [0.15, 0.2) is 0 Å². The Balaban J connectivity index is 2.34. The molecule has 1 aliphatic heterocycles. The Kier molecular flexibility index (Phi) is 4.17. The average molecular weight is 236 g/mol. The molecule has 2 atom stereocenters. The molecule has 16 heavy (non-hydrogen) atoms. The van der Waals surface area contributed by atoms with Gasteiger partial charge in [0.1, 0.15) is 6.10 Å². The molecule has 0 spiro atoms. The molecule has 0 aromatic heterocycles. The van der Waals surface area contributed by atoms with Crippen LogP contribution in [0.2, 0.25) is 0 Å². The number of aliphatic hydroxyl groups is 1. The number of nitrogens with zero attached hydrogens (tertiary/aromatic N) is 1. The predicted molar refractivity (Wildman–Crippen MR) is 50.8 cm³/mol. The number of carbonyl (C=O) groups is 2. The molecule has 0 bridgehead atoms. The maximum atomic E-state index is 11.9. The van der Waals surface area contributed by atoms with Crippen LogP contribution in [0.25, 0.3) is 0 Å². The Labute approximate surface area is 91.4 Å². The Hall–Kier alpha value is -1.24. The normalized spacial score (nSPS) is 22.7. The fraction of sp³-hybridized carbons (Fsp3) is 0.778. The Morgan fingerprint density at radius 3 is 2.75 bits per heavy atom. The molecule has 2 amide bonds. The number of amides is 2. The van der Waals surface area contributed by atoms with Crippen molar-refractivity contribution in [2.75, 3.05) is 20.1 Å². The number of hydrogen-bond donors (Lipinski definition) is 2. The molecule has 1 saturated heterocycles. The number of nitrogens with one attached hydrogen (secondary N) is 1. The molecular formula is C9H14F2N2O3. The van der Waals surface area contributed by atoms with Crippen molar-refractivity contribution in [3.63, 3.8) is 0 Å². The van der Waals surface area contributed by atoms with Crippen molar-refractivity contribution >= 4 is 11.8 Å². The highest BCUT2D eigenvalue weighted by atomic mass is 19.3. The second kappa shape index (κ2) is 5.20. The zero-order valence-electron chi connectivity index (χ0n) is 8.82. The fourth-order valence-electron chi connectivity index (χ4n) is 1.48. The van der Waals surface area contributed by atoms with E-state index in [1.807, 2.05) is 0 Å². The van der Waals surface area contributed by atoms with E-state index in [4.69, 9.17) is 5.11 Å². The monoisotopic (exact) mass is 236 g/mol. The number of likely N-dealkylation sites (tertiary alicyclic amines) is 1. The minimum atomic E-state index is -2.88. The summed E-state index contributed by atoms with van der Waals surface area (Å²) in [6, 6.07) is 0. The van der Waals surface area contributed by atoms with Crippen LogP contribution in [0.4, 0.5) is 8.78 Å². The minimum absolute atomic E-state index is 0.0904. The topological polar surface area (TPSA) is 69.6 Å². The number of aliphatic hydroxyl groups excluding tert-OH is 1. The van der Waals surface area contributed by atoms with Gasteiger partial charge in [0.2, 0.25) is 11.8 Å². The van der Waals surface area contributed by atoms with E-state index < -0.39 is 30.9 Å². The zero-order valence-corrected chi connectivity index (χ0v) is 8.82. The molecule has 1 fully saturated rings. The first-order valence-electron chi connectivity index (χ1n) is 4.89. The van der Waals surface area contributed by atoms with Crippen LogP contribution in [0, 0.1) is 5.92 Å². The van der Waals surface area contributed by atoms with E-state index in [-0.39, 0.29) is 18.9 Å². The van der Waals surface area contributed by atoms with E-state index >= 15 is 0 Å². The van der Waals surface area contributed by atoms with Crippen molar-refractivity contribution in [3.8, 4) is 0 Å². The van der Waals surface area contributed by atoms with Crippen molar-refractivity contribution in [3.05, 3.63) is 0 Å². The third-order valence-corrected chi connectivity index (χ3v) is 2.49. The van der Waals surface area contributed by atoms with Gasteiger partial charge in [0, 0.05) is 26.6 Å². The summed E-state index contributed by atoms with van der Waals surface area (Å²) in [5.41, 5.74) is 0. The van der Waals surface area contributed by atoms with Gasteiger partial charge in [-0.1, -0.05) is 0 Å². The van der Waals surface area contributed by atoms with E-state index in [2.05, 4.69) is 5.32 Å². The van der Waals surface area contributed by atoms with Gasteiger partial charge in [-0.3, -0.25) is 9.59 Å². The standard InChI is InChI=1S/C9H14F2N2O3/c1-13-4-5(2-7(13)15)9(16)12-3-6(14)8(10)11/h5-6,8,14H,2-4H2,1H3,(H,12,16). The summed E-state index contributed by atoms with van der Waals surface area (Å²) in [6.45, 7) is -0.208. The lowest BCUT2D eigenvalue weighted by atomic mass is 10.1. The van der Waals surface area contributed by atoms with Gasteiger partial charge in [0.25, 0.3) is 6.43 Å². The lowest BCUT2D eigenvalue weighted by Gasteiger charge is -2.13. The first-order chi connectivity index (χ1) is 7.41. The molecule has 92 valence electrons. The number of carbonyl (C=O) groups excluding carboxylic acids is 2. The van der Waals surface area contributed by atoms with E-state index in [0.717, 1.165) is 0 Å². The second-order valence-corrected chi connectivity index (χ2v) is 3.82. The van der Waals surface area contributed by atoms with E-state index in [0.29, 0.717) is 0 Å². The van der Waals surface area contributed by atoms with Gasteiger partial charge in [0.05, 0.1) is 5.92 Å². The third kappa shape index (κ3) is 3.13. The van der Waals surface area contributed by atoms with E-state index in [1.54, 1.807) is 7.05 Å². The van der Waals surface area contributed by atoms with Crippen molar-refractivity contribution < 1.29 is 23.5 Å².